The molecule has 1 saturated carbocycles. The zero-order valence-corrected chi connectivity index (χ0v) is 13.9. The highest BCUT2D eigenvalue weighted by Gasteiger charge is 2.44. The summed E-state index contributed by atoms with van der Waals surface area (Å²) in [6.45, 7) is 3.81. The van der Waals surface area contributed by atoms with Gasteiger partial charge in [0, 0.05) is 5.92 Å². The molecule has 0 aliphatic heterocycles. The van der Waals surface area contributed by atoms with Gasteiger partial charge in [-0.25, -0.2) is 9.78 Å². The van der Waals surface area contributed by atoms with E-state index >= 15 is 0 Å². The third-order valence-electron chi connectivity index (χ3n) is 3.84. The van der Waals surface area contributed by atoms with Crippen LogP contribution in [0.15, 0.2) is 30.3 Å². The van der Waals surface area contributed by atoms with E-state index in [0.29, 0.717) is 22.3 Å². The fourth-order valence-corrected chi connectivity index (χ4v) is 3.45. The predicted molar refractivity (Wildman–Crippen MR) is 88.7 cm³/mol. The summed E-state index contributed by atoms with van der Waals surface area (Å²) in [6, 6.07) is 10.0. The fraction of sp³-hybridized carbons (Fsp3) is 0.353. The minimum atomic E-state index is -0.392. The quantitative estimate of drug-likeness (QED) is 0.854. The summed E-state index contributed by atoms with van der Waals surface area (Å²) in [6.07, 6.45) is 0.852. The lowest BCUT2D eigenvalue weighted by Gasteiger charge is -2.01. The lowest BCUT2D eigenvalue weighted by atomic mass is 10.1. The predicted octanol–water partition coefficient (Wildman–Crippen LogP) is 3.37. The Hall–Kier alpha value is -2.21. The average molecular weight is 330 g/mol. The Balaban J connectivity index is 1.63. The van der Waals surface area contributed by atoms with Gasteiger partial charge in [0.1, 0.15) is 4.88 Å². The molecule has 0 saturated heterocycles. The Morgan fingerprint density at radius 2 is 2.09 bits per heavy atom. The maximum absolute atomic E-state index is 12.3. The second-order valence-corrected chi connectivity index (χ2v) is 6.50. The van der Waals surface area contributed by atoms with Crippen LogP contribution < -0.4 is 5.32 Å². The molecule has 3 rings (SSSR count). The summed E-state index contributed by atoms with van der Waals surface area (Å²) in [5.41, 5.74) is 1.77. The third-order valence-corrected chi connectivity index (χ3v) is 4.90. The minimum absolute atomic E-state index is 0.0207. The minimum Gasteiger partial charge on any atom is -0.462 e. The fourth-order valence-electron chi connectivity index (χ4n) is 2.59. The first-order chi connectivity index (χ1) is 11.1. The van der Waals surface area contributed by atoms with Crippen molar-refractivity contribution in [3.63, 3.8) is 0 Å². The van der Waals surface area contributed by atoms with Crippen LogP contribution in [0.2, 0.25) is 0 Å². The van der Waals surface area contributed by atoms with Crippen molar-refractivity contribution >= 4 is 28.3 Å². The summed E-state index contributed by atoms with van der Waals surface area (Å²) in [5.74, 6) is -0.172. The molecule has 1 amide bonds. The van der Waals surface area contributed by atoms with Crippen LogP contribution >= 0.6 is 11.3 Å². The van der Waals surface area contributed by atoms with Crippen LogP contribution in [0.5, 0.6) is 0 Å². The van der Waals surface area contributed by atoms with Gasteiger partial charge in [-0.1, -0.05) is 41.7 Å². The molecule has 5 nitrogen and oxygen atoms in total. The Labute approximate surface area is 138 Å². The van der Waals surface area contributed by atoms with Gasteiger partial charge in [-0.15, -0.1) is 0 Å². The highest BCUT2D eigenvalue weighted by molar-refractivity contribution is 7.17. The van der Waals surface area contributed by atoms with E-state index < -0.39 is 5.97 Å². The third kappa shape index (κ3) is 3.42. The molecule has 1 N–H and O–H groups in total. The number of ether oxygens (including phenoxy) is 1. The standard InChI is InChI=1S/C17H18N2O3S/c1-3-22-16(21)14-10(2)18-17(23-14)19-15(20)13-9-12(13)11-7-5-4-6-8-11/h4-8,12-13H,3,9H2,1-2H3,(H,18,19,20)/t12-,13-/m1/s1. The Bertz CT molecular complexity index is 727. The van der Waals surface area contributed by atoms with Crippen molar-refractivity contribution in [3.8, 4) is 0 Å². The molecule has 120 valence electrons. The van der Waals surface area contributed by atoms with E-state index in [1.807, 2.05) is 30.3 Å². The van der Waals surface area contributed by atoms with Crippen LogP contribution in [0.4, 0.5) is 5.13 Å². The number of nitrogens with one attached hydrogen (secondary N) is 1. The highest BCUT2D eigenvalue weighted by Crippen LogP contribution is 2.48. The molecule has 23 heavy (non-hydrogen) atoms. The van der Waals surface area contributed by atoms with Gasteiger partial charge in [0.15, 0.2) is 5.13 Å². The Morgan fingerprint density at radius 3 is 2.78 bits per heavy atom. The van der Waals surface area contributed by atoms with E-state index in [4.69, 9.17) is 4.74 Å². The lowest BCUT2D eigenvalue weighted by Crippen LogP contribution is -2.14. The first kappa shape index (κ1) is 15.7. The highest BCUT2D eigenvalue weighted by atomic mass is 32.1. The van der Waals surface area contributed by atoms with Gasteiger partial charge in [-0.3, -0.25) is 4.79 Å². The van der Waals surface area contributed by atoms with Crippen molar-refractivity contribution in [3.05, 3.63) is 46.5 Å². The number of hydrogen-bond donors (Lipinski definition) is 1. The smallest absolute Gasteiger partial charge is 0.350 e. The summed E-state index contributed by atoms with van der Waals surface area (Å²) >= 11 is 1.16. The summed E-state index contributed by atoms with van der Waals surface area (Å²) < 4.78 is 4.98. The first-order valence-corrected chi connectivity index (χ1v) is 8.42. The normalized spacial score (nSPS) is 19.2. The van der Waals surface area contributed by atoms with Gasteiger partial charge in [0.05, 0.1) is 12.3 Å². The van der Waals surface area contributed by atoms with E-state index in [1.165, 1.54) is 5.56 Å². The van der Waals surface area contributed by atoms with E-state index in [0.717, 1.165) is 17.8 Å². The molecule has 1 fully saturated rings. The zero-order valence-electron chi connectivity index (χ0n) is 13.0. The van der Waals surface area contributed by atoms with Crippen molar-refractivity contribution in [1.29, 1.82) is 0 Å². The SMILES string of the molecule is CCOC(=O)c1sc(NC(=O)[C@@H]2C[C@@H]2c2ccccc2)nc1C. The van der Waals surface area contributed by atoms with Crippen molar-refractivity contribution in [1.82, 2.24) is 4.98 Å². The molecular weight excluding hydrogens is 312 g/mol. The number of rotatable bonds is 5. The molecule has 1 aliphatic rings. The topological polar surface area (TPSA) is 68.3 Å². The molecular formula is C17H18N2O3S. The number of thiazole rings is 1. The van der Waals surface area contributed by atoms with Crippen LogP contribution in [-0.2, 0) is 9.53 Å². The number of nitrogens with zero attached hydrogens (tertiary/aromatic N) is 1. The Kier molecular flexibility index (Phi) is 4.43. The maximum Gasteiger partial charge on any atom is 0.350 e. The van der Waals surface area contributed by atoms with Crippen LogP contribution in [0.25, 0.3) is 0 Å². The molecule has 1 aromatic carbocycles. The summed E-state index contributed by atoms with van der Waals surface area (Å²) in [5, 5.41) is 3.28. The molecule has 1 heterocycles. The van der Waals surface area contributed by atoms with E-state index in [-0.39, 0.29) is 17.7 Å². The first-order valence-electron chi connectivity index (χ1n) is 7.60. The molecule has 2 aromatic rings. The van der Waals surface area contributed by atoms with Gasteiger partial charge in [-0.05, 0) is 31.7 Å². The maximum atomic E-state index is 12.3. The summed E-state index contributed by atoms with van der Waals surface area (Å²) in [4.78, 5) is 28.8. The number of aromatic nitrogens is 1. The molecule has 6 heteroatoms. The molecule has 1 aromatic heterocycles. The van der Waals surface area contributed by atoms with Crippen molar-refractivity contribution in [2.45, 2.75) is 26.2 Å². The molecule has 0 unspecified atom stereocenters. The number of amides is 1. The van der Waals surface area contributed by atoms with Crippen molar-refractivity contribution in [2.24, 2.45) is 5.92 Å². The lowest BCUT2D eigenvalue weighted by molar-refractivity contribution is -0.117. The van der Waals surface area contributed by atoms with Crippen molar-refractivity contribution < 1.29 is 14.3 Å². The summed E-state index contributed by atoms with van der Waals surface area (Å²) in [7, 11) is 0. The van der Waals surface area contributed by atoms with Crippen LogP contribution in [0, 0.1) is 12.8 Å². The monoisotopic (exact) mass is 330 g/mol. The van der Waals surface area contributed by atoms with Crippen LogP contribution in [0.3, 0.4) is 0 Å². The van der Waals surface area contributed by atoms with Gasteiger partial charge in [0.25, 0.3) is 0 Å². The molecule has 0 bridgehead atoms. The second kappa shape index (κ2) is 6.50. The molecule has 0 spiro atoms. The van der Waals surface area contributed by atoms with Gasteiger partial charge in [-0.2, -0.15) is 0 Å². The molecule has 2 atom stereocenters. The number of carbonyl (C=O) groups is 2. The number of esters is 1. The van der Waals surface area contributed by atoms with E-state index in [1.54, 1.807) is 13.8 Å². The largest absolute Gasteiger partial charge is 0.462 e. The molecule has 1 aliphatic carbocycles. The van der Waals surface area contributed by atoms with Crippen LogP contribution in [0.1, 0.15) is 40.2 Å². The van der Waals surface area contributed by atoms with Gasteiger partial charge >= 0.3 is 5.97 Å². The van der Waals surface area contributed by atoms with E-state index in [2.05, 4.69) is 10.3 Å². The average Bonchev–Trinajstić information content (AvgIpc) is 3.26. The van der Waals surface area contributed by atoms with E-state index in [9.17, 15) is 9.59 Å². The number of anilines is 1. The van der Waals surface area contributed by atoms with Gasteiger partial charge < -0.3 is 10.1 Å². The second-order valence-electron chi connectivity index (χ2n) is 5.50. The molecule has 0 radical (unpaired) electrons. The number of hydrogen-bond acceptors (Lipinski definition) is 5. The Morgan fingerprint density at radius 1 is 1.35 bits per heavy atom. The van der Waals surface area contributed by atoms with Gasteiger partial charge in [0.2, 0.25) is 5.91 Å². The number of carbonyl (C=O) groups excluding carboxylic acids is 2. The van der Waals surface area contributed by atoms with Crippen LogP contribution in [-0.4, -0.2) is 23.5 Å². The number of benzene rings is 1. The van der Waals surface area contributed by atoms with Crippen molar-refractivity contribution in [2.75, 3.05) is 11.9 Å². The number of aryl methyl sites for hydroxylation is 1. The zero-order chi connectivity index (χ0) is 16.4.